The molecule has 2 unspecified atom stereocenters. The van der Waals surface area contributed by atoms with Gasteiger partial charge in [-0.05, 0) is 117 Å². The fourth-order valence-electron chi connectivity index (χ4n) is 8.86. The summed E-state index contributed by atoms with van der Waals surface area (Å²) in [6.07, 6.45) is 9.23. The molecular weight excluding hydrogens is 424 g/mol. The van der Waals surface area contributed by atoms with Crippen molar-refractivity contribution in [3.8, 4) is 17.6 Å². The second-order valence-corrected chi connectivity index (χ2v) is 12.2. The molecule has 1 aromatic carbocycles. The molecule has 0 amide bonds. The number of Topliss-reactive ketones (excluding diaryl/α,β-unsaturated/α-hetero) is 1. The minimum absolute atomic E-state index is 0.0404. The first-order valence-corrected chi connectivity index (χ1v) is 13.3. The minimum atomic E-state index is -0.911. The number of hydrogen-bond acceptors (Lipinski definition) is 4. The topological polar surface area (TPSA) is 66.8 Å². The summed E-state index contributed by atoms with van der Waals surface area (Å²) in [5, 5.41) is 21.0. The number of fused-ring (bicyclic) bond motifs is 5. The Hall–Kier alpha value is -1.83. The molecule has 4 fully saturated rings. The number of carbonyl (C=O) groups excluding carboxylic acids is 1. The van der Waals surface area contributed by atoms with Gasteiger partial charge in [-0.15, -0.1) is 0 Å². The molecule has 0 bridgehead atoms. The fourth-order valence-corrected chi connectivity index (χ4v) is 8.86. The number of ether oxygens (including phenoxy) is 1. The highest BCUT2D eigenvalue weighted by Gasteiger charge is 2.61. The lowest BCUT2D eigenvalue weighted by molar-refractivity contribution is -0.146. The third-order valence-electron chi connectivity index (χ3n) is 10.8. The van der Waals surface area contributed by atoms with Crippen molar-refractivity contribution in [2.24, 2.45) is 40.4 Å². The van der Waals surface area contributed by atoms with E-state index in [1.54, 1.807) is 7.11 Å². The van der Waals surface area contributed by atoms with Crippen molar-refractivity contribution < 1.29 is 19.7 Å². The summed E-state index contributed by atoms with van der Waals surface area (Å²) in [6.45, 7) is 4.51. The molecule has 0 spiro atoms. The Bertz CT molecular complexity index is 989. The second kappa shape index (κ2) is 8.68. The van der Waals surface area contributed by atoms with Gasteiger partial charge in [0.15, 0.2) is 5.78 Å². The molecule has 4 saturated carbocycles. The number of benzene rings is 1. The van der Waals surface area contributed by atoms with Crippen molar-refractivity contribution in [2.45, 2.75) is 77.2 Å². The first kappa shape index (κ1) is 23.9. The zero-order valence-electron chi connectivity index (χ0n) is 21.0. The molecule has 4 aliphatic rings. The molecule has 0 saturated heterocycles. The lowest BCUT2D eigenvalue weighted by atomic mass is 9.44. The van der Waals surface area contributed by atoms with Crippen LogP contribution in [0.15, 0.2) is 24.3 Å². The predicted molar refractivity (Wildman–Crippen MR) is 132 cm³/mol. The number of aliphatic hydroxyl groups is 2. The highest BCUT2D eigenvalue weighted by molar-refractivity contribution is 5.83. The zero-order chi connectivity index (χ0) is 24.1. The van der Waals surface area contributed by atoms with Gasteiger partial charge < -0.3 is 14.9 Å². The van der Waals surface area contributed by atoms with Gasteiger partial charge in [0, 0.05) is 11.5 Å². The predicted octanol–water partition coefficient (Wildman–Crippen LogP) is 5.00. The van der Waals surface area contributed by atoms with Crippen molar-refractivity contribution in [1.29, 1.82) is 0 Å². The number of hydrogen-bond donors (Lipinski definition) is 2. The smallest absolute Gasteiger partial charge is 0.161 e. The van der Waals surface area contributed by atoms with Crippen LogP contribution in [0.4, 0.5) is 0 Å². The molecule has 34 heavy (non-hydrogen) atoms. The maximum Gasteiger partial charge on any atom is 0.161 e. The van der Waals surface area contributed by atoms with Crippen LogP contribution in [0.25, 0.3) is 0 Å². The monoisotopic (exact) mass is 464 g/mol. The van der Waals surface area contributed by atoms with Gasteiger partial charge in [0.05, 0.1) is 7.11 Å². The molecule has 1 aromatic rings. The third-order valence-corrected chi connectivity index (χ3v) is 10.8. The van der Waals surface area contributed by atoms with Crippen LogP contribution in [-0.4, -0.2) is 35.3 Å². The van der Waals surface area contributed by atoms with E-state index in [2.05, 4.69) is 25.7 Å². The van der Waals surface area contributed by atoms with E-state index < -0.39 is 5.60 Å². The van der Waals surface area contributed by atoms with Crippen LogP contribution in [0.1, 0.15) is 77.2 Å². The standard InChI is InChI=1S/C30H40O4/c1-28-16-17-30(33,15-12-20-4-7-22(34-3)8-5-20)18-21(28)6-9-23-24-10-11-26(27(32)19-31)29(24,2)14-13-25(23)28/h4-5,7-8,21,23-26,31,33H,6,9-11,13-14,16-19H2,1-3H3/t21?,23-,24-,25-,26+,28-,29-,30?/m0/s1. The van der Waals surface area contributed by atoms with Crippen molar-refractivity contribution in [1.82, 2.24) is 0 Å². The van der Waals surface area contributed by atoms with Gasteiger partial charge in [-0.2, -0.15) is 0 Å². The van der Waals surface area contributed by atoms with E-state index in [9.17, 15) is 15.0 Å². The van der Waals surface area contributed by atoms with Gasteiger partial charge in [-0.3, -0.25) is 4.79 Å². The molecule has 0 aromatic heterocycles. The average molecular weight is 465 g/mol. The lowest BCUT2D eigenvalue weighted by Crippen LogP contribution is -2.56. The van der Waals surface area contributed by atoms with E-state index in [1.807, 2.05) is 24.3 Å². The molecule has 5 rings (SSSR count). The van der Waals surface area contributed by atoms with E-state index in [0.717, 1.165) is 56.3 Å². The van der Waals surface area contributed by atoms with Gasteiger partial charge in [-0.25, -0.2) is 0 Å². The van der Waals surface area contributed by atoms with E-state index >= 15 is 0 Å². The lowest BCUT2D eigenvalue weighted by Gasteiger charge is -2.61. The molecule has 4 aliphatic carbocycles. The number of methoxy groups -OCH3 is 1. The van der Waals surface area contributed by atoms with Gasteiger partial charge >= 0.3 is 0 Å². The van der Waals surface area contributed by atoms with E-state index in [-0.39, 0.29) is 29.1 Å². The van der Waals surface area contributed by atoms with Crippen molar-refractivity contribution in [3.63, 3.8) is 0 Å². The quantitative estimate of drug-likeness (QED) is 0.618. The SMILES string of the molecule is COc1ccc(C#CC2(O)CC[C@@]3(C)C(CC[C@H]4[C@@H]5CC[C@H](C(=O)CO)[C@@]5(C)CC[C@@H]43)C2)cc1. The minimum Gasteiger partial charge on any atom is -0.497 e. The molecule has 0 radical (unpaired) electrons. The van der Waals surface area contributed by atoms with Crippen molar-refractivity contribution in [2.75, 3.05) is 13.7 Å². The van der Waals surface area contributed by atoms with Crippen molar-refractivity contribution in [3.05, 3.63) is 29.8 Å². The number of ketones is 1. The molecule has 0 aliphatic heterocycles. The molecule has 4 heteroatoms. The van der Waals surface area contributed by atoms with Crippen LogP contribution in [0.5, 0.6) is 5.75 Å². The van der Waals surface area contributed by atoms with Crippen LogP contribution in [-0.2, 0) is 4.79 Å². The van der Waals surface area contributed by atoms with Crippen LogP contribution in [0.3, 0.4) is 0 Å². The third kappa shape index (κ3) is 3.80. The normalized spacial score (nSPS) is 43.0. The highest BCUT2D eigenvalue weighted by atomic mass is 16.5. The van der Waals surface area contributed by atoms with E-state index in [0.29, 0.717) is 23.7 Å². The summed E-state index contributed by atoms with van der Waals surface area (Å²) < 4.78 is 5.23. The first-order valence-electron chi connectivity index (χ1n) is 13.3. The van der Waals surface area contributed by atoms with Crippen LogP contribution >= 0.6 is 0 Å². The average Bonchev–Trinajstić information content (AvgIpc) is 3.20. The Morgan fingerprint density at radius 2 is 1.74 bits per heavy atom. The summed E-state index contributed by atoms with van der Waals surface area (Å²) >= 11 is 0. The number of carbonyl (C=O) groups is 1. The summed E-state index contributed by atoms with van der Waals surface area (Å²) in [5.41, 5.74) is 0.304. The maximum absolute atomic E-state index is 12.5. The Kier molecular flexibility index (Phi) is 6.10. The summed E-state index contributed by atoms with van der Waals surface area (Å²) in [5.74, 6) is 9.82. The van der Waals surface area contributed by atoms with E-state index in [1.165, 1.54) is 12.8 Å². The Balaban J connectivity index is 1.32. The van der Waals surface area contributed by atoms with Gasteiger partial charge in [0.2, 0.25) is 0 Å². The molecule has 0 heterocycles. The Labute approximate surface area is 204 Å². The highest BCUT2D eigenvalue weighted by Crippen LogP contribution is 2.68. The molecular formula is C30H40O4. The van der Waals surface area contributed by atoms with E-state index in [4.69, 9.17) is 4.74 Å². The number of rotatable bonds is 3. The number of aliphatic hydroxyl groups excluding tert-OH is 1. The summed E-state index contributed by atoms with van der Waals surface area (Å²) in [4.78, 5) is 12.5. The zero-order valence-corrected chi connectivity index (χ0v) is 21.0. The van der Waals surface area contributed by atoms with Crippen molar-refractivity contribution >= 4 is 5.78 Å². The molecule has 2 N–H and O–H groups in total. The van der Waals surface area contributed by atoms with Gasteiger partial charge in [0.25, 0.3) is 0 Å². The molecule has 4 nitrogen and oxygen atoms in total. The van der Waals surface area contributed by atoms with Crippen LogP contribution in [0, 0.1) is 52.3 Å². The molecule has 8 atom stereocenters. The Morgan fingerprint density at radius 1 is 1.00 bits per heavy atom. The summed E-state index contributed by atoms with van der Waals surface area (Å²) in [6, 6.07) is 7.71. The van der Waals surface area contributed by atoms with Gasteiger partial charge in [-0.1, -0.05) is 25.7 Å². The van der Waals surface area contributed by atoms with Crippen LogP contribution < -0.4 is 4.74 Å². The maximum atomic E-state index is 12.5. The summed E-state index contributed by atoms with van der Waals surface area (Å²) in [7, 11) is 1.66. The molecule has 184 valence electrons. The van der Waals surface area contributed by atoms with Gasteiger partial charge in [0.1, 0.15) is 18.0 Å². The Morgan fingerprint density at radius 3 is 2.44 bits per heavy atom. The van der Waals surface area contributed by atoms with Crippen LogP contribution in [0.2, 0.25) is 0 Å². The fraction of sp³-hybridized carbons (Fsp3) is 0.700. The second-order valence-electron chi connectivity index (χ2n) is 12.2. The first-order chi connectivity index (χ1) is 16.2. The largest absolute Gasteiger partial charge is 0.497 e.